The van der Waals surface area contributed by atoms with Crippen LogP contribution in [0, 0.1) is 11.6 Å². The minimum absolute atomic E-state index is 0.0641. The van der Waals surface area contributed by atoms with E-state index < -0.39 is 48.1 Å². The fourth-order valence-corrected chi connectivity index (χ4v) is 3.46. The smallest absolute Gasteiger partial charge is 0.407 e. The fourth-order valence-electron chi connectivity index (χ4n) is 3.46. The molecule has 1 aliphatic heterocycles. The fraction of sp³-hybridized carbons (Fsp3) is 0.174. The normalized spacial score (nSPS) is 13.1. The molecule has 2 aliphatic rings. The van der Waals surface area contributed by atoms with Gasteiger partial charge in [0.05, 0.1) is 11.0 Å². The van der Waals surface area contributed by atoms with Crippen LogP contribution in [0.25, 0.3) is 33.4 Å². The minimum Gasteiger partial charge on any atom is -0.456 e. The summed E-state index contributed by atoms with van der Waals surface area (Å²) in [5.74, 6) is -2.13. The maximum absolute atomic E-state index is 14.7. The molecule has 0 saturated carbocycles. The average Bonchev–Trinajstić information content (AvgIpc) is 2.74. The molecule has 1 heterocycles. The summed E-state index contributed by atoms with van der Waals surface area (Å²) in [7, 11) is 0. The molecule has 3 nitrogen and oxygen atoms in total. The van der Waals surface area contributed by atoms with Gasteiger partial charge in [0.15, 0.2) is 0 Å². The van der Waals surface area contributed by atoms with E-state index in [1.807, 2.05) is 5.32 Å². The van der Waals surface area contributed by atoms with Gasteiger partial charge in [0.25, 0.3) is 0 Å². The Balaban J connectivity index is 1.99. The Morgan fingerprint density at radius 2 is 1.53 bits per heavy atom. The van der Waals surface area contributed by atoms with Gasteiger partial charge < -0.3 is 9.73 Å². The van der Waals surface area contributed by atoms with Crippen LogP contribution in [0.3, 0.4) is 0 Å². The number of alkyl halides is 6. The summed E-state index contributed by atoms with van der Waals surface area (Å²) in [4.78, 5) is 3.24. The first-order valence-corrected chi connectivity index (χ1v) is 9.74. The van der Waals surface area contributed by atoms with Crippen molar-refractivity contribution in [1.82, 2.24) is 0 Å². The van der Waals surface area contributed by atoms with Crippen LogP contribution in [-0.2, 0) is 0 Å². The Morgan fingerprint density at radius 3 is 2.18 bits per heavy atom. The number of fused-ring (bicyclic) bond motifs is 2. The van der Waals surface area contributed by atoms with Crippen molar-refractivity contribution in [3.05, 3.63) is 71.6 Å². The molecule has 2 aromatic rings. The van der Waals surface area contributed by atoms with E-state index in [0.717, 1.165) is 24.3 Å². The quantitative estimate of drug-likeness (QED) is 0.251. The van der Waals surface area contributed by atoms with E-state index in [-0.39, 0.29) is 22.3 Å². The van der Waals surface area contributed by atoms with E-state index in [2.05, 4.69) is 4.99 Å². The van der Waals surface area contributed by atoms with Crippen LogP contribution >= 0.6 is 0 Å². The third-order valence-electron chi connectivity index (χ3n) is 4.85. The standard InChI is InChI=1S/C23H14F8N2O/c24-15-6-13-19(8-17(15)32-10-22(26,27)28)34-20-9-18(33-11-23(29,30)31)16(25)7-14(20)21(13)12-4-2-1-3-5-12/h1-9,32H,10-11H2/b33-18-. The Morgan fingerprint density at radius 1 is 0.824 bits per heavy atom. The number of nitrogens with zero attached hydrogens (tertiary/aromatic N) is 1. The van der Waals surface area contributed by atoms with Crippen LogP contribution in [0.1, 0.15) is 0 Å². The van der Waals surface area contributed by atoms with Gasteiger partial charge in [0.2, 0.25) is 0 Å². The lowest BCUT2D eigenvalue weighted by Gasteiger charge is -2.17. The van der Waals surface area contributed by atoms with E-state index >= 15 is 0 Å². The second kappa shape index (κ2) is 8.62. The van der Waals surface area contributed by atoms with Gasteiger partial charge in [-0.1, -0.05) is 30.3 Å². The molecule has 4 rings (SSSR count). The molecule has 0 saturated heterocycles. The average molecular weight is 486 g/mol. The molecule has 0 fully saturated rings. The van der Waals surface area contributed by atoms with Gasteiger partial charge in [-0.3, -0.25) is 4.99 Å². The molecule has 178 valence electrons. The third kappa shape index (κ3) is 5.13. The monoisotopic (exact) mass is 486 g/mol. The lowest BCUT2D eigenvalue weighted by molar-refractivity contribution is -0.118. The van der Waals surface area contributed by atoms with Crippen molar-refractivity contribution in [3.8, 4) is 22.5 Å². The Kier molecular flexibility index (Phi) is 5.96. The number of anilines is 1. The zero-order valence-electron chi connectivity index (χ0n) is 17.0. The van der Waals surface area contributed by atoms with Gasteiger partial charge in [-0.2, -0.15) is 26.3 Å². The van der Waals surface area contributed by atoms with Crippen LogP contribution in [0.2, 0.25) is 0 Å². The predicted molar refractivity (Wildman–Crippen MR) is 109 cm³/mol. The largest absolute Gasteiger partial charge is 0.456 e. The van der Waals surface area contributed by atoms with Gasteiger partial charge in [-0.25, -0.2) is 8.78 Å². The van der Waals surface area contributed by atoms with E-state index in [1.54, 1.807) is 30.3 Å². The van der Waals surface area contributed by atoms with Gasteiger partial charge in [-0.15, -0.1) is 0 Å². The molecule has 1 aliphatic carbocycles. The van der Waals surface area contributed by atoms with Crippen molar-refractivity contribution in [1.29, 1.82) is 0 Å². The first-order valence-electron chi connectivity index (χ1n) is 9.74. The molecule has 1 N–H and O–H groups in total. The molecular formula is C23H14F8N2O. The van der Waals surface area contributed by atoms with Crippen molar-refractivity contribution in [2.45, 2.75) is 12.4 Å². The maximum atomic E-state index is 14.7. The molecule has 2 aromatic carbocycles. The van der Waals surface area contributed by atoms with Crippen LogP contribution in [0.5, 0.6) is 0 Å². The summed E-state index contributed by atoms with van der Waals surface area (Å²) in [5.41, 5.74) is 0.363. The van der Waals surface area contributed by atoms with Crippen LogP contribution in [0.4, 0.5) is 40.8 Å². The number of rotatable bonds is 4. The Labute approximate surface area is 186 Å². The second-order valence-electron chi connectivity index (χ2n) is 7.37. The topological polar surface area (TPSA) is 37.5 Å². The van der Waals surface area contributed by atoms with Gasteiger partial charge >= 0.3 is 12.4 Å². The zero-order chi connectivity index (χ0) is 24.7. The van der Waals surface area contributed by atoms with E-state index in [4.69, 9.17) is 4.42 Å². The molecule has 11 heteroatoms. The molecule has 0 bridgehead atoms. The second-order valence-corrected chi connectivity index (χ2v) is 7.37. The minimum atomic E-state index is -4.66. The van der Waals surface area contributed by atoms with E-state index in [0.29, 0.717) is 11.1 Å². The first kappa shape index (κ1) is 23.5. The highest BCUT2D eigenvalue weighted by molar-refractivity contribution is 6.02. The molecule has 0 radical (unpaired) electrons. The van der Waals surface area contributed by atoms with E-state index in [9.17, 15) is 35.1 Å². The number of nitrogens with one attached hydrogen (secondary N) is 1. The summed E-state index contributed by atoms with van der Waals surface area (Å²) in [6.07, 6.45) is -9.27. The lowest BCUT2D eigenvalue weighted by atomic mass is 9.93. The maximum Gasteiger partial charge on any atom is 0.407 e. The number of hydrogen-bond donors (Lipinski definition) is 1. The highest BCUT2D eigenvalue weighted by Gasteiger charge is 2.28. The molecule has 0 atom stereocenters. The third-order valence-corrected chi connectivity index (χ3v) is 4.85. The van der Waals surface area contributed by atoms with Crippen molar-refractivity contribution < 1.29 is 39.5 Å². The number of halogens is 8. The molecule has 0 spiro atoms. The predicted octanol–water partition coefficient (Wildman–Crippen LogP) is 6.92. The number of benzene rings is 3. The van der Waals surface area contributed by atoms with Crippen molar-refractivity contribution in [2.75, 3.05) is 18.4 Å². The van der Waals surface area contributed by atoms with Gasteiger partial charge in [0, 0.05) is 28.6 Å². The highest BCUT2D eigenvalue weighted by atomic mass is 19.4. The molecule has 0 amide bonds. The zero-order valence-corrected chi connectivity index (χ0v) is 17.0. The van der Waals surface area contributed by atoms with Crippen molar-refractivity contribution in [2.24, 2.45) is 4.99 Å². The molecule has 0 unspecified atom stereocenters. The summed E-state index contributed by atoms with van der Waals surface area (Å²) in [5, 5.41) is 1.47. The van der Waals surface area contributed by atoms with Gasteiger partial charge in [-0.05, 0) is 17.7 Å². The number of hydrogen-bond acceptors (Lipinski definition) is 3. The Hall–Kier alpha value is -3.63. The molecule has 34 heavy (non-hydrogen) atoms. The Bertz CT molecular complexity index is 1370. The van der Waals surface area contributed by atoms with Crippen molar-refractivity contribution >= 4 is 16.7 Å². The first-order chi connectivity index (χ1) is 15.9. The molecule has 0 aromatic heterocycles. The summed E-state index contributed by atoms with van der Waals surface area (Å²) in [6, 6.07) is 12.2. The summed E-state index contributed by atoms with van der Waals surface area (Å²) >= 11 is 0. The lowest BCUT2D eigenvalue weighted by Crippen LogP contribution is -2.21. The van der Waals surface area contributed by atoms with Crippen LogP contribution < -0.4 is 10.7 Å². The van der Waals surface area contributed by atoms with Gasteiger partial charge in [0.1, 0.15) is 36.1 Å². The summed E-state index contributed by atoms with van der Waals surface area (Å²) < 4.78 is 110. The van der Waals surface area contributed by atoms with Crippen molar-refractivity contribution in [3.63, 3.8) is 0 Å². The summed E-state index contributed by atoms with van der Waals surface area (Å²) in [6.45, 7) is -3.12. The highest BCUT2D eigenvalue weighted by Crippen LogP contribution is 2.41. The van der Waals surface area contributed by atoms with Crippen LogP contribution in [0.15, 0.2) is 64.0 Å². The molecular weight excluding hydrogens is 472 g/mol. The van der Waals surface area contributed by atoms with E-state index in [1.165, 1.54) is 0 Å². The SMILES string of the molecule is Fc1cc2c(-c3ccccc3)c3cc(F)/c(=N\CC(F)(F)F)cc-3oc2cc1NCC(F)(F)F. The van der Waals surface area contributed by atoms with Crippen LogP contribution in [-0.4, -0.2) is 25.4 Å².